The van der Waals surface area contributed by atoms with Gasteiger partial charge in [0, 0.05) is 5.54 Å². The summed E-state index contributed by atoms with van der Waals surface area (Å²) in [5.74, 6) is 0. The number of hydrogen-bond acceptors (Lipinski definition) is 1. The van der Waals surface area contributed by atoms with Gasteiger partial charge >= 0.3 is 0 Å². The first kappa shape index (κ1) is 12.8. The van der Waals surface area contributed by atoms with Gasteiger partial charge in [-0.2, -0.15) is 0 Å². The zero-order valence-corrected chi connectivity index (χ0v) is 11.4. The molecule has 0 saturated carbocycles. The van der Waals surface area contributed by atoms with Crippen molar-refractivity contribution in [2.45, 2.75) is 32.7 Å². The molecule has 0 fully saturated rings. The van der Waals surface area contributed by atoms with Crippen molar-refractivity contribution in [1.82, 2.24) is 0 Å². The van der Waals surface area contributed by atoms with E-state index in [1.807, 2.05) is 18.2 Å². The van der Waals surface area contributed by atoms with Crippen LogP contribution in [0.4, 0.5) is 0 Å². The molecular formula is C17H21N. The van der Waals surface area contributed by atoms with Crippen molar-refractivity contribution in [2.75, 3.05) is 0 Å². The van der Waals surface area contributed by atoms with Crippen LogP contribution in [0.15, 0.2) is 48.5 Å². The maximum atomic E-state index is 6.46. The molecule has 0 radical (unpaired) electrons. The minimum atomic E-state index is -0.317. The first-order valence-electron chi connectivity index (χ1n) is 6.39. The summed E-state index contributed by atoms with van der Waals surface area (Å²) in [6.45, 7) is 6.38. The fourth-order valence-electron chi connectivity index (χ4n) is 2.26. The minimum Gasteiger partial charge on any atom is -0.321 e. The topological polar surface area (TPSA) is 26.0 Å². The van der Waals surface area contributed by atoms with Crippen LogP contribution < -0.4 is 5.73 Å². The molecular weight excluding hydrogens is 218 g/mol. The summed E-state index contributed by atoms with van der Waals surface area (Å²) in [7, 11) is 0. The van der Waals surface area contributed by atoms with Crippen LogP contribution in [0.25, 0.3) is 0 Å². The summed E-state index contributed by atoms with van der Waals surface area (Å²) >= 11 is 0. The number of benzene rings is 2. The smallest absolute Gasteiger partial charge is 0.0421 e. The van der Waals surface area contributed by atoms with Crippen LogP contribution in [-0.2, 0) is 12.0 Å². The lowest BCUT2D eigenvalue weighted by atomic mass is 9.86. The van der Waals surface area contributed by atoms with Gasteiger partial charge in [-0.3, -0.25) is 0 Å². The van der Waals surface area contributed by atoms with Gasteiger partial charge < -0.3 is 5.73 Å². The van der Waals surface area contributed by atoms with Gasteiger partial charge in [-0.15, -0.1) is 0 Å². The molecule has 2 aromatic rings. The van der Waals surface area contributed by atoms with Gasteiger partial charge in [-0.25, -0.2) is 0 Å². The Morgan fingerprint density at radius 2 is 1.61 bits per heavy atom. The summed E-state index contributed by atoms with van der Waals surface area (Å²) in [6.07, 6.45) is 0.859. The van der Waals surface area contributed by atoms with Crippen molar-refractivity contribution >= 4 is 0 Å². The number of aryl methyl sites for hydroxylation is 2. The van der Waals surface area contributed by atoms with E-state index in [1.54, 1.807) is 0 Å². The van der Waals surface area contributed by atoms with Crippen molar-refractivity contribution in [3.8, 4) is 0 Å². The highest BCUT2D eigenvalue weighted by Gasteiger charge is 2.21. The second-order valence-corrected chi connectivity index (χ2v) is 5.38. The average molecular weight is 239 g/mol. The van der Waals surface area contributed by atoms with Crippen molar-refractivity contribution in [1.29, 1.82) is 0 Å². The van der Waals surface area contributed by atoms with Crippen LogP contribution in [0.5, 0.6) is 0 Å². The van der Waals surface area contributed by atoms with Crippen molar-refractivity contribution in [3.63, 3.8) is 0 Å². The Morgan fingerprint density at radius 1 is 0.944 bits per heavy atom. The van der Waals surface area contributed by atoms with E-state index in [2.05, 4.69) is 51.1 Å². The largest absolute Gasteiger partial charge is 0.321 e. The minimum absolute atomic E-state index is 0.317. The Labute approximate surface area is 110 Å². The van der Waals surface area contributed by atoms with E-state index in [0.717, 1.165) is 6.42 Å². The van der Waals surface area contributed by atoms with E-state index in [1.165, 1.54) is 22.3 Å². The predicted octanol–water partition coefficient (Wildman–Crippen LogP) is 3.72. The van der Waals surface area contributed by atoms with Crippen LogP contribution >= 0.6 is 0 Å². The third-order valence-electron chi connectivity index (χ3n) is 3.58. The fraction of sp³-hybridized carbons (Fsp3) is 0.294. The van der Waals surface area contributed by atoms with E-state index < -0.39 is 0 Å². The third kappa shape index (κ3) is 2.80. The lowest BCUT2D eigenvalue weighted by Crippen LogP contribution is -2.35. The molecule has 1 nitrogen and oxygen atoms in total. The normalized spacial score (nSPS) is 14.2. The van der Waals surface area contributed by atoms with Crippen LogP contribution in [0.3, 0.4) is 0 Å². The summed E-state index contributed by atoms with van der Waals surface area (Å²) in [5, 5.41) is 0. The van der Waals surface area contributed by atoms with E-state index in [-0.39, 0.29) is 5.54 Å². The molecule has 0 aliphatic carbocycles. The second-order valence-electron chi connectivity index (χ2n) is 5.38. The summed E-state index contributed by atoms with van der Waals surface area (Å²) in [6, 6.07) is 16.9. The van der Waals surface area contributed by atoms with Crippen LogP contribution in [-0.4, -0.2) is 0 Å². The SMILES string of the molecule is Cc1ccc(CC(C)(N)c2ccccc2)cc1C. The molecule has 18 heavy (non-hydrogen) atoms. The maximum absolute atomic E-state index is 6.46. The zero-order chi connectivity index (χ0) is 13.2. The Hall–Kier alpha value is -1.60. The zero-order valence-electron chi connectivity index (χ0n) is 11.4. The quantitative estimate of drug-likeness (QED) is 0.868. The molecule has 0 amide bonds. The number of hydrogen-bond donors (Lipinski definition) is 1. The maximum Gasteiger partial charge on any atom is 0.0421 e. The summed E-state index contributed by atoms with van der Waals surface area (Å²) < 4.78 is 0. The Kier molecular flexibility index (Phi) is 3.53. The van der Waals surface area contributed by atoms with Crippen molar-refractivity contribution in [2.24, 2.45) is 5.73 Å². The third-order valence-corrected chi connectivity index (χ3v) is 3.58. The highest BCUT2D eigenvalue weighted by molar-refractivity contribution is 5.33. The molecule has 0 bridgehead atoms. The second kappa shape index (κ2) is 4.95. The summed E-state index contributed by atoms with van der Waals surface area (Å²) in [5.41, 5.74) is 11.3. The Balaban J connectivity index is 2.25. The standard InChI is InChI=1S/C17H21N/c1-13-9-10-15(11-14(13)2)12-17(3,18)16-7-5-4-6-8-16/h4-11H,12,18H2,1-3H3. The molecule has 1 unspecified atom stereocenters. The molecule has 0 heterocycles. The van der Waals surface area contributed by atoms with Gasteiger partial charge in [-0.1, -0.05) is 48.5 Å². The lowest BCUT2D eigenvalue weighted by molar-refractivity contribution is 0.491. The molecule has 94 valence electrons. The average Bonchev–Trinajstić information content (AvgIpc) is 2.35. The molecule has 0 aliphatic rings. The van der Waals surface area contributed by atoms with Gasteiger partial charge in [-0.05, 0) is 49.4 Å². The Bertz CT molecular complexity index is 527. The van der Waals surface area contributed by atoms with Crippen molar-refractivity contribution in [3.05, 3.63) is 70.8 Å². The van der Waals surface area contributed by atoms with Gasteiger partial charge in [0.25, 0.3) is 0 Å². The van der Waals surface area contributed by atoms with Crippen LogP contribution in [0.2, 0.25) is 0 Å². The monoisotopic (exact) mass is 239 g/mol. The summed E-state index contributed by atoms with van der Waals surface area (Å²) in [4.78, 5) is 0. The molecule has 1 heteroatoms. The van der Waals surface area contributed by atoms with E-state index in [4.69, 9.17) is 5.73 Å². The predicted molar refractivity (Wildman–Crippen MR) is 77.6 cm³/mol. The molecule has 1 atom stereocenters. The van der Waals surface area contributed by atoms with Gasteiger partial charge in [0.2, 0.25) is 0 Å². The van der Waals surface area contributed by atoms with Gasteiger partial charge in [0.15, 0.2) is 0 Å². The first-order valence-corrected chi connectivity index (χ1v) is 6.39. The van der Waals surface area contributed by atoms with Crippen molar-refractivity contribution < 1.29 is 0 Å². The highest BCUT2D eigenvalue weighted by Crippen LogP contribution is 2.23. The molecule has 0 spiro atoms. The van der Waals surface area contributed by atoms with Crippen LogP contribution in [0.1, 0.15) is 29.2 Å². The van der Waals surface area contributed by atoms with Crippen LogP contribution in [0, 0.1) is 13.8 Å². The van der Waals surface area contributed by atoms with E-state index in [0.29, 0.717) is 0 Å². The highest BCUT2D eigenvalue weighted by atomic mass is 14.7. The molecule has 0 aliphatic heterocycles. The number of rotatable bonds is 3. The molecule has 0 saturated heterocycles. The van der Waals surface area contributed by atoms with Gasteiger partial charge in [0.05, 0.1) is 0 Å². The molecule has 0 aromatic heterocycles. The molecule has 2 rings (SSSR count). The molecule has 2 aromatic carbocycles. The first-order chi connectivity index (χ1) is 8.49. The fourth-order valence-corrected chi connectivity index (χ4v) is 2.26. The van der Waals surface area contributed by atoms with E-state index >= 15 is 0 Å². The van der Waals surface area contributed by atoms with Gasteiger partial charge in [0.1, 0.15) is 0 Å². The lowest BCUT2D eigenvalue weighted by Gasteiger charge is -2.25. The Morgan fingerprint density at radius 3 is 2.22 bits per heavy atom. The van der Waals surface area contributed by atoms with E-state index in [9.17, 15) is 0 Å². The number of nitrogens with two attached hydrogens (primary N) is 1. The molecule has 2 N–H and O–H groups in total.